The fraction of sp³-hybridized carbons (Fsp3) is 0.889. The average Bonchev–Trinajstić information content (AvgIpc) is 2.03. The van der Waals surface area contributed by atoms with Crippen LogP contribution in [0.15, 0.2) is 0 Å². The van der Waals surface area contributed by atoms with Gasteiger partial charge in [0, 0.05) is 0 Å². The van der Waals surface area contributed by atoms with Crippen molar-refractivity contribution in [2.75, 3.05) is 13.6 Å². The molecule has 0 N–H and O–H groups in total. The quantitative estimate of drug-likeness (QED) is 0.605. The Bertz CT molecular complexity index is 126. The van der Waals surface area contributed by atoms with Crippen LogP contribution in [-0.4, -0.2) is 24.5 Å². The molecule has 0 heterocycles. The number of hydrogen-bond donors (Lipinski definition) is 0. The summed E-state index contributed by atoms with van der Waals surface area (Å²) in [4.78, 5) is 2.13. The summed E-state index contributed by atoms with van der Waals surface area (Å²) in [6, 6.07) is 2.40. The number of nitriles is 1. The molecule has 2 nitrogen and oxygen atoms in total. The van der Waals surface area contributed by atoms with Crippen LogP contribution in [0.5, 0.6) is 0 Å². The first-order chi connectivity index (χ1) is 5.26. The zero-order valence-electron chi connectivity index (χ0n) is 7.80. The molecule has 0 aromatic carbocycles. The molecule has 0 radical (unpaired) electrons. The first kappa shape index (κ1) is 10.4. The van der Waals surface area contributed by atoms with E-state index in [0.717, 1.165) is 13.0 Å². The summed E-state index contributed by atoms with van der Waals surface area (Å²) in [5, 5.41) is 8.70. The largest absolute Gasteiger partial charge is 0.291 e. The highest BCUT2D eigenvalue weighted by Gasteiger charge is 2.09. The zero-order chi connectivity index (χ0) is 8.69. The van der Waals surface area contributed by atoms with E-state index in [-0.39, 0.29) is 6.04 Å². The molecule has 0 spiro atoms. The number of hydrogen-bond acceptors (Lipinski definition) is 2. The zero-order valence-corrected chi connectivity index (χ0v) is 7.80. The molecular weight excluding hydrogens is 136 g/mol. The Labute approximate surface area is 69.8 Å². The van der Waals surface area contributed by atoms with Crippen LogP contribution >= 0.6 is 0 Å². The lowest BCUT2D eigenvalue weighted by Crippen LogP contribution is -2.30. The van der Waals surface area contributed by atoms with Gasteiger partial charge in [-0.3, -0.25) is 4.90 Å². The third-order valence-electron chi connectivity index (χ3n) is 1.93. The van der Waals surface area contributed by atoms with Crippen molar-refractivity contribution in [3.8, 4) is 6.07 Å². The van der Waals surface area contributed by atoms with Crippen LogP contribution < -0.4 is 0 Å². The molecule has 0 saturated carbocycles. The van der Waals surface area contributed by atoms with Crippen LogP contribution in [0, 0.1) is 11.3 Å². The van der Waals surface area contributed by atoms with Gasteiger partial charge in [0.2, 0.25) is 0 Å². The second-order valence-electron chi connectivity index (χ2n) is 2.89. The molecule has 0 aliphatic heterocycles. The molecule has 0 aromatic heterocycles. The molecule has 0 rings (SSSR count). The summed E-state index contributed by atoms with van der Waals surface area (Å²) >= 11 is 0. The topological polar surface area (TPSA) is 27.0 Å². The molecule has 0 bridgehead atoms. The Morgan fingerprint density at radius 3 is 2.45 bits per heavy atom. The second kappa shape index (κ2) is 6.18. The van der Waals surface area contributed by atoms with Gasteiger partial charge in [0.25, 0.3) is 0 Å². The summed E-state index contributed by atoms with van der Waals surface area (Å²) < 4.78 is 0. The van der Waals surface area contributed by atoms with Gasteiger partial charge in [0.1, 0.15) is 0 Å². The molecular formula is C9H18N2. The van der Waals surface area contributed by atoms with E-state index in [1.54, 1.807) is 0 Å². The molecule has 0 saturated heterocycles. The predicted octanol–water partition coefficient (Wildman–Crippen LogP) is 2.02. The van der Waals surface area contributed by atoms with Crippen molar-refractivity contribution >= 4 is 0 Å². The SMILES string of the molecule is CCCCN(C)C(C#N)CC. The lowest BCUT2D eigenvalue weighted by Gasteiger charge is -2.20. The summed E-state index contributed by atoms with van der Waals surface area (Å²) in [5.41, 5.74) is 0. The fourth-order valence-corrected chi connectivity index (χ4v) is 1.06. The first-order valence-electron chi connectivity index (χ1n) is 4.36. The minimum absolute atomic E-state index is 0.113. The van der Waals surface area contributed by atoms with Crippen LogP contribution in [0.2, 0.25) is 0 Å². The lowest BCUT2D eigenvalue weighted by atomic mass is 10.2. The number of nitrogens with zero attached hydrogens (tertiary/aromatic N) is 2. The molecule has 1 atom stereocenters. The summed E-state index contributed by atoms with van der Waals surface area (Å²) in [6.45, 7) is 5.26. The predicted molar refractivity (Wildman–Crippen MR) is 47.2 cm³/mol. The smallest absolute Gasteiger partial charge is 0.0972 e. The highest BCUT2D eigenvalue weighted by Crippen LogP contribution is 2.01. The van der Waals surface area contributed by atoms with Gasteiger partial charge >= 0.3 is 0 Å². The maximum atomic E-state index is 8.70. The Kier molecular flexibility index (Phi) is 5.87. The standard InChI is InChI=1S/C9H18N2/c1-4-6-7-11(3)9(5-2)8-10/h9H,4-7H2,1-3H3. The molecule has 0 fully saturated rings. The third kappa shape index (κ3) is 4.00. The van der Waals surface area contributed by atoms with Crippen molar-refractivity contribution in [1.82, 2.24) is 4.90 Å². The minimum Gasteiger partial charge on any atom is -0.291 e. The van der Waals surface area contributed by atoms with Crippen LogP contribution in [0.25, 0.3) is 0 Å². The molecule has 0 aliphatic rings. The van der Waals surface area contributed by atoms with Crippen molar-refractivity contribution in [3.63, 3.8) is 0 Å². The summed E-state index contributed by atoms with van der Waals surface area (Å²) in [7, 11) is 2.02. The van der Waals surface area contributed by atoms with Crippen molar-refractivity contribution < 1.29 is 0 Å². The van der Waals surface area contributed by atoms with Crippen LogP contribution in [0.1, 0.15) is 33.1 Å². The van der Waals surface area contributed by atoms with E-state index in [4.69, 9.17) is 5.26 Å². The first-order valence-corrected chi connectivity index (χ1v) is 4.36. The van der Waals surface area contributed by atoms with Gasteiger partial charge in [-0.2, -0.15) is 5.26 Å². The normalized spacial score (nSPS) is 13.0. The Morgan fingerprint density at radius 1 is 1.45 bits per heavy atom. The molecule has 0 amide bonds. The molecule has 11 heavy (non-hydrogen) atoms. The van der Waals surface area contributed by atoms with Gasteiger partial charge in [0.15, 0.2) is 0 Å². The maximum Gasteiger partial charge on any atom is 0.0972 e. The van der Waals surface area contributed by atoms with E-state index in [1.165, 1.54) is 12.8 Å². The molecule has 1 unspecified atom stereocenters. The molecule has 64 valence electrons. The van der Waals surface area contributed by atoms with Gasteiger partial charge in [-0.05, 0) is 26.4 Å². The number of unbranched alkanes of at least 4 members (excludes halogenated alkanes) is 1. The highest BCUT2D eigenvalue weighted by molar-refractivity contribution is 4.89. The monoisotopic (exact) mass is 154 g/mol. The average molecular weight is 154 g/mol. The van der Waals surface area contributed by atoms with Gasteiger partial charge in [-0.25, -0.2) is 0 Å². The van der Waals surface area contributed by atoms with Crippen LogP contribution in [0.4, 0.5) is 0 Å². The Morgan fingerprint density at radius 2 is 2.09 bits per heavy atom. The fourth-order valence-electron chi connectivity index (χ4n) is 1.06. The van der Waals surface area contributed by atoms with E-state index < -0.39 is 0 Å². The van der Waals surface area contributed by atoms with E-state index in [1.807, 2.05) is 7.05 Å². The van der Waals surface area contributed by atoms with E-state index in [0.29, 0.717) is 0 Å². The summed E-state index contributed by atoms with van der Waals surface area (Å²) in [5.74, 6) is 0. The minimum atomic E-state index is 0.113. The van der Waals surface area contributed by atoms with Gasteiger partial charge in [-0.1, -0.05) is 20.3 Å². The molecule has 0 aliphatic carbocycles. The molecule has 0 aromatic rings. The van der Waals surface area contributed by atoms with Crippen LogP contribution in [0.3, 0.4) is 0 Å². The summed E-state index contributed by atoms with van der Waals surface area (Å²) in [6.07, 6.45) is 3.32. The van der Waals surface area contributed by atoms with E-state index in [2.05, 4.69) is 24.8 Å². The van der Waals surface area contributed by atoms with Gasteiger partial charge in [0.05, 0.1) is 12.1 Å². The van der Waals surface area contributed by atoms with Crippen molar-refractivity contribution in [2.24, 2.45) is 0 Å². The Hall–Kier alpha value is -0.550. The third-order valence-corrected chi connectivity index (χ3v) is 1.93. The van der Waals surface area contributed by atoms with Crippen molar-refractivity contribution in [3.05, 3.63) is 0 Å². The van der Waals surface area contributed by atoms with E-state index in [9.17, 15) is 0 Å². The maximum absolute atomic E-state index is 8.70. The van der Waals surface area contributed by atoms with Gasteiger partial charge in [-0.15, -0.1) is 0 Å². The van der Waals surface area contributed by atoms with Crippen molar-refractivity contribution in [1.29, 1.82) is 5.26 Å². The van der Waals surface area contributed by atoms with Gasteiger partial charge < -0.3 is 0 Å². The van der Waals surface area contributed by atoms with Crippen molar-refractivity contribution in [2.45, 2.75) is 39.2 Å². The lowest BCUT2D eigenvalue weighted by molar-refractivity contribution is 0.277. The molecule has 2 heteroatoms. The second-order valence-corrected chi connectivity index (χ2v) is 2.89. The Balaban J connectivity index is 3.62. The van der Waals surface area contributed by atoms with Crippen LogP contribution in [-0.2, 0) is 0 Å². The highest BCUT2D eigenvalue weighted by atomic mass is 15.1. The van der Waals surface area contributed by atoms with E-state index >= 15 is 0 Å². The number of rotatable bonds is 5.